The van der Waals surface area contributed by atoms with E-state index in [2.05, 4.69) is 37.5 Å². The van der Waals surface area contributed by atoms with Crippen molar-refractivity contribution in [3.8, 4) is 11.8 Å². The molecule has 0 radical (unpaired) electrons. The van der Waals surface area contributed by atoms with E-state index in [1.807, 2.05) is 72.8 Å². The van der Waals surface area contributed by atoms with Crippen molar-refractivity contribution >= 4 is 38.9 Å². The molecule has 0 bridgehead atoms. The summed E-state index contributed by atoms with van der Waals surface area (Å²) in [6.07, 6.45) is 1.72. The molecular weight excluding hydrogens is 440 g/mol. The van der Waals surface area contributed by atoms with E-state index in [0.29, 0.717) is 23.7 Å². The molecule has 5 nitrogen and oxygen atoms in total. The number of ether oxygens (including phenoxy) is 1. The number of anilines is 1. The van der Waals surface area contributed by atoms with Crippen LogP contribution in [-0.4, -0.2) is 11.2 Å². The highest BCUT2D eigenvalue weighted by atomic mass is 79.9. The molecule has 1 N–H and O–H groups in total. The number of rotatable bonds is 6. The molecule has 0 saturated carbocycles. The van der Waals surface area contributed by atoms with Gasteiger partial charge in [-0.15, -0.1) is 0 Å². The number of pyridine rings is 1. The number of nitrogens with one attached hydrogen (secondary N) is 1. The summed E-state index contributed by atoms with van der Waals surface area (Å²) in [5.41, 5.74) is 6.25. The molecule has 0 atom stereocenters. The summed E-state index contributed by atoms with van der Waals surface area (Å²) in [4.78, 5) is 4.53. The zero-order valence-electron chi connectivity index (χ0n) is 15.9. The van der Waals surface area contributed by atoms with E-state index in [4.69, 9.17) is 4.74 Å². The predicted molar refractivity (Wildman–Crippen MR) is 123 cm³/mol. The summed E-state index contributed by atoms with van der Waals surface area (Å²) in [5.74, 6) is 1.38. The topological polar surface area (TPSA) is 70.3 Å². The predicted octanol–water partition coefficient (Wildman–Crippen LogP) is 5.89. The lowest BCUT2D eigenvalue weighted by atomic mass is 10.1. The fourth-order valence-electron chi connectivity index (χ4n) is 2.93. The lowest BCUT2D eigenvalue weighted by Gasteiger charge is -2.10. The van der Waals surface area contributed by atoms with Gasteiger partial charge in [-0.2, -0.15) is 10.4 Å². The number of hydrazone groups is 1. The van der Waals surface area contributed by atoms with Gasteiger partial charge < -0.3 is 4.74 Å². The number of hydrogen-bond acceptors (Lipinski definition) is 5. The van der Waals surface area contributed by atoms with Crippen molar-refractivity contribution in [3.63, 3.8) is 0 Å². The third-order valence-corrected chi connectivity index (χ3v) is 5.09. The van der Waals surface area contributed by atoms with Crippen molar-refractivity contribution in [2.45, 2.75) is 6.61 Å². The monoisotopic (exact) mass is 456 g/mol. The van der Waals surface area contributed by atoms with Crippen LogP contribution in [0.15, 0.2) is 88.4 Å². The van der Waals surface area contributed by atoms with Crippen molar-refractivity contribution in [1.82, 2.24) is 4.98 Å². The highest BCUT2D eigenvalue weighted by Gasteiger charge is 2.05. The first-order chi connectivity index (χ1) is 14.7. The molecular formula is C24H17BrN4O. The third kappa shape index (κ3) is 4.65. The zero-order valence-corrected chi connectivity index (χ0v) is 17.5. The maximum absolute atomic E-state index is 9.18. The molecule has 1 heterocycles. The van der Waals surface area contributed by atoms with Crippen molar-refractivity contribution in [3.05, 3.63) is 100 Å². The van der Waals surface area contributed by atoms with Gasteiger partial charge in [-0.1, -0.05) is 36.4 Å². The van der Waals surface area contributed by atoms with E-state index >= 15 is 0 Å². The van der Waals surface area contributed by atoms with Gasteiger partial charge in [0.2, 0.25) is 0 Å². The maximum Gasteiger partial charge on any atom is 0.146 e. The molecule has 0 aliphatic heterocycles. The lowest BCUT2D eigenvalue weighted by molar-refractivity contribution is 0.304. The number of nitrogens with zero attached hydrogens (tertiary/aromatic N) is 3. The molecule has 146 valence electrons. The number of hydrogen-bond donors (Lipinski definition) is 1. The SMILES string of the molecule is N#Cc1ccccc1COc1ccc(/C=N/Nc2ccc3ccccc3n2)cc1Br. The van der Waals surface area contributed by atoms with E-state index in [0.717, 1.165) is 26.5 Å². The van der Waals surface area contributed by atoms with Gasteiger partial charge in [0.15, 0.2) is 0 Å². The quantitative estimate of drug-likeness (QED) is 0.289. The zero-order chi connectivity index (χ0) is 20.8. The van der Waals surface area contributed by atoms with Crippen LogP contribution in [-0.2, 0) is 6.61 Å². The van der Waals surface area contributed by atoms with Crippen LogP contribution in [0.2, 0.25) is 0 Å². The van der Waals surface area contributed by atoms with Gasteiger partial charge in [0, 0.05) is 10.9 Å². The summed E-state index contributed by atoms with van der Waals surface area (Å²) in [6, 6.07) is 27.1. The standard InChI is InChI=1S/C24H17BrN4O/c25-21-13-17(9-11-23(21)30-16-20-7-2-1-6-19(20)14-26)15-27-29-24-12-10-18-5-3-4-8-22(18)28-24/h1-13,15H,16H2,(H,28,29)/b27-15+. The van der Waals surface area contributed by atoms with Gasteiger partial charge in [-0.05, 0) is 64.0 Å². The van der Waals surface area contributed by atoms with Crippen LogP contribution in [0.1, 0.15) is 16.7 Å². The summed E-state index contributed by atoms with van der Waals surface area (Å²) >= 11 is 3.54. The van der Waals surface area contributed by atoms with E-state index in [1.54, 1.807) is 12.3 Å². The molecule has 0 aliphatic rings. The summed E-state index contributed by atoms with van der Waals surface area (Å²) < 4.78 is 6.68. The Labute approximate surface area is 182 Å². The molecule has 0 unspecified atom stereocenters. The highest BCUT2D eigenvalue weighted by molar-refractivity contribution is 9.10. The Morgan fingerprint density at radius 3 is 2.73 bits per heavy atom. The van der Waals surface area contributed by atoms with Crippen molar-refractivity contribution in [1.29, 1.82) is 5.26 Å². The van der Waals surface area contributed by atoms with Crippen molar-refractivity contribution in [2.75, 3.05) is 5.43 Å². The first-order valence-corrected chi connectivity index (χ1v) is 10.1. The van der Waals surface area contributed by atoms with Gasteiger partial charge >= 0.3 is 0 Å². The van der Waals surface area contributed by atoms with Crippen LogP contribution >= 0.6 is 15.9 Å². The second-order valence-electron chi connectivity index (χ2n) is 6.51. The number of aromatic nitrogens is 1. The van der Waals surface area contributed by atoms with Crippen LogP contribution < -0.4 is 10.2 Å². The van der Waals surface area contributed by atoms with E-state index in [9.17, 15) is 5.26 Å². The number of halogens is 1. The normalized spacial score (nSPS) is 10.8. The Morgan fingerprint density at radius 2 is 1.87 bits per heavy atom. The number of nitriles is 1. The fraction of sp³-hybridized carbons (Fsp3) is 0.0417. The van der Waals surface area contributed by atoms with Gasteiger partial charge in [-0.3, -0.25) is 5.43 Å². The van der Waals surface area contributed by atoms with Crippen LogP contribution in [0.4, 0.5) is 5.82 Å². The molecule has 6 heteroatoms. The summed E-state index contributed by atoms with van der Waals surface area (Å²) in [5, 5.41) is 14.5. The van der Waals surface area contributed by atoms with Gasteiger partial charge in [0.05, 0.1) is 27.8 Å². The minimum absolute atomic E-state index is 0.324. The van der Waals surface area contributed by atoms with E-state index < -0.39 is 0 Å². The van der Waals surface area contributed by atoms with Gasteiger partial charge in [0.25, 0.3) is 0 Å². The molecule has 0 amide bonds. The number of fused-ring (bicyclic) bond motifs is 1. The summed E-state index contributed by atoms with van der Waals surface area (Å²) in [6.45, 7) is 0.324. The Kier molecular flexibility index (Phi) is 6.02. The van der Waals surface area contributed by atoms with Crippen LogP contribution in [0.25, 0.3) is 10.9 Å². The van der Waals surface area contributed by atoms with Crippen LogP contribution in [0, 0.1) is 11.3 Å². The first kappa shape index (κ1) is 19.6. The molecule has 0 saturated heterocycles. The van der Waals surface area contributed by atoms with Gasteiger partial charge in [0.1, 0.15) is 18.2 Å². The van der Waals surface area contributed by atoms with Crippen LogP contribution in [0.3, 0.4) is 0 Å². The Balaban J connectivity index is 1.40. The number of para-hydroxylation sites is 1. The fourth-order valence-corrected chi connectivity index (χ4v) is 3.44. The van der Waals surface area contributed by atoms with Crippen LogP contribution in [0.5, 0.6) is 5.75 Å². The average molecular weight is 457 g/mol. The van der Waals surface area contributed by atoms with E-state index in [1.165, 1.54) is 0 Å². The molecule has 1 aromatic heterocycles. The summed E-state index contributed by atoms with van der Waals surface area (Å²) in [7, 11) is 0. The second kappa shape index (κ2) is 9.21. The molecule has 0 aliphatic carbocycles. The lowest BCUT2D eigenvalue weighted by Crippen LogP contribution is -1.99. The smallest absolute Gasteiger partial charge is 0.146 e. The molecule has 4 aromatic rings. The Bertz CT molecular complexity index is 1260. The minimum Gasteiger partial charge on any atom is -0.488 e. The first-order valence-electron chi connectivity index (χ1n) is 9.28. The Hall–Kier alpha value is -3.69. The highest BCUT2D eigenvalue weighted by Crippen LogP contribution is 2.27. The molecule has 30 heavy (non-hydrogen) atoms. The van der Waals surface area contributed by atoms with Crippen molar-refractivity contribution in [2.24, 2.45) is 5.10 Å². The maximum atomic E-state index is 9.18. The largest absolute Gasteiger partial charge is 0.488 e. The molecule has 0 fully saturated rings. The number of benzene rings is 3. The molecule has 4 rings (SSSR count). The second-order valence-corrected chi connectivity index (χ2v) is 7.36. The van der Waals surface area contributed by atoms with E-state index in [-0.39, 0.29) is 0 Å². The van der Waals surface area contributed by atoms with Gasteiger partial charge in [-0.25, -0.2) is 4.98 Å². The molecule has 3 aromatic carbocycles. The third-order valence-electron chi connectivity index (χ3n) is 4.47. The van der Waals surface area contributed by atoms with Crippen molar-refractivity contribution < 1.29 is 4.74 Å². The molecule has 0 spiro atoms. The minimum atomic E-state index is 0.324. The Morgan fingerprint density at radius 1 is 1.03 bits per heavy atom. The average Bonchev–Trinajstić information content (AvgIpc) is 2.78.